The van der Waals surface area contributed by atoms with Crippen molar-refractivity contribution in [1.82, 2.24) is 4.72 Å². The Morgan fingerprint density at radius 3 is 2.33 bits per heavy atom. The molecule has 1 amide bonds. The van der Waals surface area contributed by atoms with Crippen molar-refractivity contribution in [2.75, 3.05) is 11.9 Å². The van der Waals surface area contributed by atoms with E-state index in [2.05, 4.69) is 32.6 Å². The number of carbonyl (C=O) groups excluding carboxylic acids is 1. The number of sulfonamides is 1. The molecule has 128 valence electrons. The molecule has 2 N–H and O–H groups in total. The van der Waals surface area contributed by atoms with Crippen molar-refractivity contribution in [3.05, 3.63) is 57.7 Å². The van der Waals surface area contributed by atoms with Gasteiger partial charge >= 0.3 is 0 Å². The molecular weight excluding hydrogens is 453 g/mol. The number of hydrogen-bond donors (Lipinski definition) is 2. The van der Waals surface area contributed by atoms with Crippen LogP contribution < -0.4 is 10.0 Å². The Balaban J connectivity index is 1.89. The summed E-state index contributed by atoms with van der Waals surface area (Å²) >= 11 is 2.13. The van der Waals surface area contributed by atoms with E-state index in [4.69, 9.17) is 0 Å². The second-order valence-electron chi connectivity index (χ2n) is 4.78. The fourth-order valence-corrected chi connectivity index (χ4v) is 3.19. The maximum atomic E-state index is 13.1. The van der Waals surface area contributed by atoms with Crippen LogP contribution in [0.3, 0.4) is 0 Å². The minimum Gasteiger partial charge on any atom is -0.326 e. The molecule has 0 aliphatic rings. The standard InChI is InChI=1S/C15H13F2IN2O3S/c16-13-6-5-12(9-14(13)17)24(22,23)19-8-7-15(21)20-11-3-1-10(18)2-4-11/h1-6,9,19H,7-8H2,(H,20,21). The zero-order valence-corrected chi connectivity index (χ0v) is 15.2. The SMILES string of the molecule is O=C(CCNS(=O)(=O)c1ccc(F)c(F)c1)Nc1ccc(I)cc1. The summed E-state index contributed by atoms with van der Waals surface area (Å²) < 4.78 is 53.0. The summed E-state index contributed by atoms with van der Waals surface area (Å²) in [6.45, 7) is -0.169. The minimum absolute atomic E-state index is 0.102. The Labute approximate surface area is 151 Å². The lowest BCUT2D eigenvalue weighted by Crippen LogP contribution is -2.28. The second-order valence-corrected chi connectivity index (χ2v) is 7.79. The summed E-state index contributed by atoms with van der Waals surface area (Å²) in [4.78, 5) is 11.4. The van der Waals surface area contributed by atoms with Gasteiger partial charge in [0.25, 0.3) is 0 Å². The van der Waals surface area contributed by atoms with Crippen LogP contribution in [0.15, 0.2) is 47.4 Å². The van der Waals surface area contributed by atoms with Gasteiger partial charge in [-0.05, 0) is 65.1 Å². The summed E-state index contributed by atoms with van der Waals surface area (Å²) in [5.41, 5.74) is 0.601. The maximum Gasteiger partial charge on any atom is 0.240 e. The normalized spacial score (nSPS) is 11.3. The van der Waals surface area contributed by atoms with Gasteiger partial charge < -0.3 is 5.32 Å². The summed E-state index contributed by atoms with van der Waals surface area (Å²) in [5, 5.41) is 2.63. The van der Waals surface area contributed by atoms with Gasteiger partial charge in [-0.3, -0.25) is 4.79 Å². The Morgan fingerprint density at radius 2 is 1.71 bits per heavy atom. The number of anilines is 1. The third-order valence-corrected chi connectivity index (χ3v) is 5.15. The Bertz CT molecular complexity index is 842. The molecule has 0 unspecified atom stereocenters. The fraction of sp³-hybridized carbons (Fsp3) is 0.133. The number of benzene rings is 2. The lowest BCUT2D eigenvalue weighted by Gasteiger charge is -2.08. The van der Waals surface area contributed by atoms with Crippen LogP contribution in [0, 0.1) is 15.2 Å². The number of carbonyl (C=O) groups is 1. The fourth-order valence-electron chi connectivity index (χ4n) is 1.78. The van der Waals surface area contributed by atoms with Crippen LogP contribution in [-0.2, 0) is 14.8 Å². The van der Waals surface area contributed by atoms with Gasteiger partial charge in [-0.25, -0.2) is 21.9 Å². The molecule has 0 atom stereocenters. The number of halogens is 3. The van der Waals surface area contributed by atoms with Crippen LogP contribution in [0.2, 0.25) is 0 Å². The largest absolute Gasteiger partial charge is 0.326 e. The third kappa shape index (κ3) is 5.21. The predicted octanol–water partition coefficient (Wildman–Crippen LogP) is 2.88. The predicted molar refractivity (Wildman–Crippen MR) is 94.0 cm³/mol. The average Bonchev–Trinajstić information content (AvgIpc) is 2.52. The Morgan fingerprint density at radius 1 is 1.04 bits per heavy atom. The second kappa shape index (κ2) is 7.99. The highest BCUT2D eigenvalue weighted by atomic mass is 127. The van der Waals surface area contributed by atoms with Crippen molar-refractivity contribution in [1.29, 1.82) is 0 Å². The van der Waals surface area contributed by atoms with Crippen LogP contribution in [0.1, 0.15) is 6.42 Å². The molecule has 24 heavy (non-hydrogen) atoms. The topological polar surface area (TPSA) is 75.3 Å². The van der Waals surface area contributed by atoms with Crippen molar-refractivity contribution < 1.29 is 22.0 Å². The van der Waals surface area contributed by atoms with Gasteiger partial charge in [0.2, 0.25) is 15.9 Å². The monoisotopic (exact) mass is 466 g/mol. The van der Waals surface area contributed by atoms with Crippen molar-refractivity contribution in [3.63, 3.8) is 0 Å². The molecule has 0 aromatic heterocycles. The molecule has 0 spiro atoms. The quantitative estimate of drug-likeness (QED) is 0.644. The zero-order chi connectivity index (χ0) is 17.7. The molecule has 0 fully saturated rings. The van der Waals surface area contributed by atoms with Gasteiger partial charge in [0, 0.05) is 22.2 Å². The van der Waals surface area contributed by atoms with E-state index in [0.717, 1.165) is 15.7 Å². The number of nitrogens with one attached hydrogen (secondary N) is 2. The van der Waals surface area contributed by atoms with Gasteiger partial charge in [0.15, 0.2) is 11.6 Å². The smallest absolute Gasteiger partial charge is 0.240 e. The van der Waals surface area contributed by atoms with E-state index in [1.165, 1.54) is 0 Å². The molecular formula is C15H13F2IN2O3S. The molecule has 0 aliphatic heterocycles. The molecule has 5 nitrogen and oxygen atoms in total. The average molecular weight is 466 g/mol. The highest BCUT2D eigenvalue weighted by Gasteiger charge is 2.16. The van der Waals surface area contributed by atoms with Crippen LogP contribution >= 0.6 is 22.6 Å². The number of amides is 1. The molecule has 2 rings (SSSR count). The molecule has 0 aliphatic carbocycles. The summed E-state index contributed by atoms with van der Waals surface area (Å²) in [5.74, 6) is -2.76. The van der Waals surface area contributed by atoms with Crippen LogP contribution in [-0.4, -0.2) is 20.9 Å². The highest BCUT2D eigenvalue weighted by molar-refractivity contribution is 14.1. The molecule has 0 bridgehead atoms. The number of hydrogen-bond acceptors (Lipinski definition) is 3. The van der Waals surface area contributed by atoms with Crippen molar-refractivity contribution in [3.8, 4) is 0 Å². The molecule has 2 aromatic carbocycles. The Hall–Kier alpha value is -1.59. The van der Waals surface area contributed by atoms with Crippen LogP contribution in [0.5, 0.6) is 0 Å². The molecule has 0 heterocycles. The molecule has 0 saturated carbocycles. The van der Waals surface area contributed by atoms with Gasteiger partial charge in [-0.1, -0.05) is 0 Å². The zero-order valence-electron chi connectivity index (χ0n) is 12.2. The van der Waals surface area contributed by atoms with Crippen molar-refractivity contribution in [2.24, 2.45) is 0 Å². The first-order valence-electron chi connectivity index (χ1n) is 6.78. The van der Waals surface area contributed by atoms with Crippen LogP contribution in [0.4, 0.5) is 14.5 Å². The number of rotatable bonds is 6. The molecule has 2 aromatic rings. The molecule has 0 saturated heterocycles. The van der Waals surface area contributed by atoms with E-state index in [1.807, 2.05) is 12.1 Å². The first kappa shape index (κ1) is 18.7. The highest BCUT2D eigenvalue weighted by Crippen LogP contribution is 2.14. The van der Waals surface area contributed by atoms with E-state index < -0.39 is 26.6 Å². The van der Waals surface area contributed by atoms with E-state index in [-0.39, 0.29) is 18.9 Å². The van der Waals surface area contributed by atoms with E-state index in [9.17, 15) is 22.0 Å². The van der Waals surface area contributed by atoms with E-state index in [0.29, 0.717) is 11.8 Å². The third-order valence-electron chi connectivity index (χ3n) is 2.97. The van der Waals surface area contributed by atoms with Gasteiger partial charge in [0.05, 0.1) is 4.90 Å². The first-order chi connectivity index (χ1) is 11.3. The van der Waals surface area contributed by atoms with Crippen molar-refractivity contribution in [2.45, 2.75) is 11.3 Å². The maximum absolute atomic E-state index is 13.1. The lowest BCUT2D eigenvalue weighted by atomic mass is 10.3. The summed E-state index contributed by atoms with van der Waals surface area (Å²) in [6.07, 6.45) is -0.102. The summed E-state index contributed by atoms with van der Waals surface area (Å²) in [6, 6.07) is 9.36. The Kier molecular flexibility index (Phi) is 6.24. The van der Waals surface area contributed by atoms with Crippen LogP contribution in [0.25, 0.3) is 0 Å². The van der Waals surface area contributed by atoms with Crippen molar-refractivity contribution >= 4 is 44.2 Å². The van der Waals surface area contributed by atoms with Gasteiger partial charge in [-0.15, -0.1) is 0 Å². The van der Waals surface area contributed by atoms with E-state index >= 15 is 0 Å². The first-order valence-corrected chi connectivity index (χ1v) is 9.34. The molecule has 9 heteroatoms. The van der Waals surface area contributed by atoms with E-state index in [1.54, 1.807) is 12.1 Å². The minimum atomic E-state index is -4.01. The lowest BCUT2D eigenvalue weighted by molar-refractivity contribution is -0.116. The summed E-state index contributed by atoms with van der Waals surface area (Å²) in [7, 11) is -4.01. The van der Waals surface area contributed by atoms with Gasteiger partial charge in [-0.2, -0.15) is 0 Å². The van der Waals surface area contributed by atoms with Gasteiger partial charge in [0.1, 0.15) is 0 Å². The molecule has 0 radical (unpaired) electrons.